The lowest BCUT2D eigenvalue weighted by atomic mass is 10.1. The molecule has 0 radical (unpaired) electrons. The van der Waals surface area contributed by atoms with Crippen LogP contribution in [0.4, 0.5) is 0 Å². The van der Waals surface area contributed by atoms with E-state index in [1.807, 2.05) is 20.8 Å². The monoisotopic (exact) mass is 193 g/mol. The van der Waals surface area contributed by atoms with Crippen molar-refractivity contribution in [2.24, 2.45) is 0 Å². The van der Waals surface area contributed by atoms with Gasteiger partial charge in [0.1, 0.15) is 0 Å². The molecule has 1 fully saturated rings. The van der Waals surface area contributed by atoms with Gasteiger partial charge in [-0.2, -0.15) is 0 Å². The van der Waals surface area contributed by atoms with Crippen molar-refractivity contribution in [1.29, 1.82) is 0 Å². The Morgan fingerprint density at radius 1 is 1.36 bits per heavy atom. The van der Waals surface area contributed by atoms with Gasteiger partial charge in [-0.25, -0.2) is 0 Å². The summed E-state index contributed by atoms with van der Waals surface area (Å²) >= 11 is 0. The summed E-state index contributed by atoms with van der Waals surface area (Å²) in [5.74, 6) is 0. The minimum absolute atomic E-state index is 1.09. The van der Waals surface area contributed by atoms with E-state index < -0.39 is 0 Å². The Morgan fingerprint density at radius 2 is 2.07 bits per heavy atom. The maximum atomic E-state index is 3.37. The standard InChI is InChI=1S/C11H17N.C2H6/c1-3-5-7-11-10(6-4-2)8-9-12-11;1-2/h3,5-7,12H,4,8-9H2,1-2H3;1-2H3/b5-3-,10-6-,11-7+;. The fourth-order valence-corrected chi connectivity index (χ4v) is 1.40. The third kappa shape index (κ3) is 4.31. The minimum atomic E-state index is 1.09. The van der Waals surface area contributed by atoms with Crippen molar-refractivity contribution in [2.75, 3.05) is 6.54 Å². The predicted molar refractivity (Wildman–Crippen MR) is 65.2 cm³/mol. The average Bonchev–Trinajstić information content (AvgIpc) is 2.66. The molecule has 1 heterocycles. The highest BCUT2D eigenvalue weighted by atomic mass is 14.9. The van der Waals surface area contributed by atoms with Crippen LogP contribution in [0.3, 0.4) is 0 Å². The Bertz CT molecular complexity index is 221. The summed E-state index contributed by atoms with van der Waals surface area (Å²) < 4.78 is 0. The smallest absolute Gasteiger partial charge is 0.0370 e. The molecule has 1 saturated heterocycles. The van der Waals surface area contributed by atoms with E-state index in [9.17, 15) is 0 Å². The molecule has 0 bridgehead atoms. The van der Waals surface area contributed by atoms with Crippen molar-refractivity contribution in [3.8, 4) is 0 Å². The van der Waals surface area contributed by atoms with Gasteiger partial charge in [-0.05, 0) is 31.4 Å². The lowest BCUT2D eigenvalue weighted by Gasteiger charge is -1.98. The van der Waals surface area contributed by atoms with Crippen molar-refractivity contribution >= 4 is 0 Å². The van der Waals surface area contributed by atoms with Crippen LogP contribution in [-0.2, 0) is 0 Å². The third-order valence-electron chi connectivity index (χ3n) is 1.96. The van der Waals surface area contributed by atoms with Gasteiger partial charge < -0.3 is 5.32 Å². The van der Waals surface area contributed by atoms with Gasteiger partial charge in [0.05, 0.1) is 0 Å². The maximum Gasteiger partial charge on any atom is 0.0370 e. The van der Waals surface area contributed by atoms with Gasteiger partial charge in [0, 0.05) is 12.2 Å². The third-order valence-corrected chi connectivity index (χ3v) is 1.96. The molecule has 0 unspecified atom stereocenters. The molecule has 0 aliphatic carbocycles. The first-order chi connectivity index (χ1) is 6.88. The van der Waals surface area contributed by atoms with Crippen LogP contribution in [0.2, 0.25) is 0 Å². The zero-order valence-electron chi connectivity index (χ0n) is 9.93. The van der Waals surface area contributed by atoms with Crippen LogP contribution < -0.4 is 5.32 Å². The molecule has 0 atom stereocenters. The van der Waals surface area contributed by atoms with Crippen LogP contribution in [0, 0.1) is 0 Å². The molecule has 1 N–H and O–H groups in total. The Labute approximate surface area is 88.6 Å². The molecule has 80 valence electrons. The summed E-state index contributed by atoms with van der Waals surface area (Å²) in [5.41, 5.74) is 2.77. The Hall–Kier alpha value is -0.980. The van der Waals surface area contributed by atoms with Crippen LogP contribution in [0.15, 0.2) is 35.6 Å². The second kappa shape index (κ2) is 8.61. The molecule has 1 aliphatic rings. The molecule has 1 heteroatoms. The SMILES string of the molecule is CC.C\C=C/C=C1/NCC/C1=C/CC. The second-order valence-electron chi connectivity index (χ2n) is 2.92. The van der Waals surface area contributed by atoms with E-state index in [2.05, 4.69) is 36.5 Å². The summed E-state index contributed by atoms with van der Waals surface area (Å²) in [7, 11) is 0. The van der Waals surface area contributed by atoms with E-state index in [1.54, 1.807) is 0 Å². The van der Waals surface area contributed by atoms with E-state index in [1.165, 1.54) is 17.7 Å². The van der Waals surface area contributed by atoms with E-state index in [0.717, 1.165) is 13.0 Å². The molecule has 0 aromatic rings. The quantitative estimate of drug-likeness (QED) is 0.703. The van der Waals surface area contributed by atoms with E-state index in [4.69, 9.17) is 0 Å². The van der Waals surface area contributed by atoms with Crippen molar-refractivity contribution in [2.45, 2.75) is 40.5 Å². The number of rotatable bonds is 2. The molecule has 14 heavy (non-hydrogen) atoms. The highest BCUT2D eigenvalue weighted by Gasteiger charge is 2.09. The zero-order chi connectivity index (χ0) is 10.8. The Morgan fingerprint density at radius 3 is 2.64 bits per heavy atom. The first-order valence-electron chi connectivity index (χ1n) is 5.64. The summed E-state index contributed by atoms with van der Waals surface area (Å²) in [4.78, 5) is 0. The van der Waals surface area contributed by atoms with Crippen molar-refractivity contribution < 1.29 is 0 Å². The molecule has 1 aliphatic heterocycles. The fraction of sp³-hybridized carbons (Fsp3) is 0.538. The summed E-state index contributed by atoms with van der Waals surface area (Å²) in [6.07, 6.45) is 10.9. The van der Waals surface area contributed by atoms with Crippen molar-refractivity contribution in [3.63, 3.8) is 0 Å². The van der Waals surface area contributed by atoms with Crippen LogP contribution in [0.1, 0.15) is 40.5 Å². The Balaban J connectivity index is 0.000000791. The van der Waals surface area contributed by atoms with Crippen LogP contribution in [0.5, 0.6) is 0 Å². The average molecular weight is 193 g/mol. The van der Waals surface area contributed by atoms with Crippen molar-refractivity contribution in [3.05, 3.63) is 35.6 Å². The summed E-state index contributed by atoms with van der Waals surface area (Å²) in [6, 6.07) is 0. The summed E-state index contributed by atoms with van der Waals surface area (Å²) in [6.45, 7) is 9.31. The van der Waals surface area contributed by atoms with Gasteiger partial charge >= 0.3 is 0 Å². The van der Waals surface area contributed by atoms with Gasteiger partial charge in [-0.3, -0.25) is 0 Å². The normalized spacial score (nSPS) is 21.1. The number of hydrogen-bond donors (Lipinski definition) is 1. The lowest BCUT2D eigenvalue weighted by Crippen LogP contribution is -2.03. The molecule has 0 saturated carbocycles. The first kappa shape index (κ1) is 13.0. The molecule has 1 nitrogen and oxygen atoms in total. The van der Waals surface area contributed by atoms with Crippen molar-refractivity contribution in [1.82, 2.24) is 5.32 Å². The Kier molecular flexibility index (Phi) is 8.01. The summed E-state index contributed by atoms with van der Waals surface area (Å²) in [5, 5.41) is 3.37. The largest absolute Gasteiger partial charge is 0.384 e. The van der Waals surface area contributed by atoms with Gasteiger partial charge in [-0.15, -0.1) is 0 Å². The molecule has 1 rings (SSSR count). The number of hydrogen-bond acceptors (Lipinski definition) is 1. The van der Waals surface area contributed by atoms with Crippen LogP contribution >= 0.6 is 0 Å². The molecule has 0 aromatic heterocycles. The van der Waals surface area contributed by atoms with E-state index in [-0.39, 0.29) is 0 Å². The molecule has 0 aromatic carbocycles. The van der Waals surface area contributed by atoms with E-state index in [0.29, 0.717) is 0 Å². The fourth-order valence-electron chi connectivity index (χ4n) is 1.40. The van der Waals surface area contributed by atoms with Gasteiger partial charge in [0.25, 0.3) is 0 Å². The zero-order valence-corrected chi connectivity index (χ0v) is 9.93. The minimum Gasteiger partial charge on any atom is -0.384 e. The number of allylic oxidation sites excluding steroid dienone is 5. The molecular weight excluding hydrogens is 170 g/mol. The lowest BCUT2D eigenvalue weighted by molar-refractivity contribution is 0.914. The highest BCUT2D eigenvalue weighted by Crippen LogP contribution is 2.18. The maximum absolute atomic E-state index is 3.37. The molecular formula is C13H23N. The predicted octanol–water partition coefficient (Wildman–Crippen LogP) is 3.80. The van der Waals surface area contributed by atoms with Gasteiger partial charge in [0.15, 0.2) is 0 Å². The number of nitrogens with one attached hydrogen (secondary N) is 1. The van der Waals surface area contributed by atoms with E-state index >= 15 is 0 Å². The molecule has 0 amide bonds. The van der Waals surface area contributed by atoms with Crippen LogP contribution in [-0.4, -0.2) is 6.54 Å². The topological polar surface area (TPSA) is 12.0 Å². The van der Waals surface area contributed by atoms with Crippen LogP contribution in [0.25, 0.3) is 0 Å². The van der Waals surface area contributed by atoms with Gasteiger partial charge in [0.2, 0.25) is 0 Å². The second-order valence-corrected chi connectivity index (χ2v) is 2.92. The highest BCUT2D eigenvalue weighted by molar-refractivity contribution is 5.35. The first-order valence-corrected chi connectivity index (χ1v) is 5.64. The van der Waals surface area contributed by atoms with Gasteiger partial charge in [-0.1, -0.05) is 39.0 Å². The molecule has 0 spiro atoms.